The molecule has 0 amide bonds. The van der Waals surface area contributed by atoms with Crippen molar-refractivity contribution in [2.45, 2.75) is 19.9 Å². The molecule has 0 spiro atoms. The summed E-state index contributed by atoms with van der Waals surface area (Å²) in [7, 11) is 1.80. The molecule has 0 aliphatic heterocycles. The van der Waals surface area contributed by atoms with E-state index in [2.05, 4.69) is 23.8 Å². The highest BCUT2D eigenvalue weighted by atomic mass is 19.1. The van der Waals surface area contributed by atoms with E-state index in [0.29, 0.717) is 24.5 Å². The summed E-state index contributed by atoms with van der Waals surface area (Å²) in [6, 6.07) is 1.71. The monoisotopic (exact) mass is 237 g/mol. The largest absolute Gasteiger partial charge is 0.354 e. The van der Waals surface area contributed by atoms with E-state index >= 15 is 0 Å². The molecule has 0 saturated carbocycles. The average molecular weight is 237 g/mol. The fraction of sp³-hybridized carbons (Fsp3) is 0.462. The lowest BCUT2D eigenvalue weighted by molar-refractivity contribution is 0.579. The second kappa shape index (κ2) is 7.01. The van der Waals surface area contributed by atoms with Crippen LogP contribution >= 0.6 is 0 Å². The first-order chi connectivity index (χ1) is 8.20. The molecule has 1 rings (SSSR count). The molecule has 4 heteroatoms. The molecule has 1 N–H and O–H groups in total. The number of likely N-dealkylation sites (N-methyl/N-ethyl adjacent to an activating group) is 1. The van der Waals surface area contributed by atoms with Gasteiger partial charge in [0.1, 0.15) is 0 Å². The normalized spacial score (nSPS) is 10.3. The van der Waals surface area contributed by atoms with Gasteiger partial charge in [-0.25, -0.2) is 9.37 Å². The van der Waals surface area contributed by atoms with Gasteiger partial charge in [-0.15, -0.1) is 6.58 Å². The van der Waals surface area contributed by atoms with Gasteiger partial charge in [0.2, 0.25) is 0 Å². The van der Waals surface area contributed by atoms with E-state index in [1.807, 2.05) is 0 Å². The molecule has 0 aliphatic rings. The van der Waals surface area contributed by atoms with E-state index in [4.69, 9.17) is 0 Å². The molecular weight excluding hydrogens is 217 g/mol. The Bertz CT molecular complexity index is 366. The van der Waals surface area contributed by atoms with Gasteiger partial charge in [0.25, 0.3) is 0 Å². The van der Waals surface area contributed by atoms with Gasteiger partial charge in [-0.2, -0.15) is 0 Å². The number of halogens is 1. The Morgan fingerprint density at radius 2 is 2.35 bits per heavy atom. The molecule has 0 bridgehead atoms. The molecule has 0 radical (unpaired) electrons. The highest BCUT2D eigenvalue weighted by Gasteiger charge is 2.11. The van der Waals surface area contributed by atoms with Gasteiger partial charge in [-0.1, -0.05) is 13.0 Å². The molecule has 1 aromatic rings. The van der Waals surface area contributed by atoms with E-state index in [1.54, 1.807) is 30.3 Å². The summed E-state index contributed by atoms with van der Waals surface area (Å²) in [4.78, 5) is 5.80. The third-order valence-electron chi connectivity index (χ3n) is 2.46. The van der Waals surface area contributed by atoms with Crippen molar-refractivity contribution in [2.75, 3.05) is 25.0 Å². The zero-order valence-corrected chi connectivity index (χ0v) is 10.5. The minimum atomic E-state index is -0.250. The second-order valence-corrected chi connectivity index (χ2v) is 3.95. The van der Waals surface area contributed by atoms with Crippen molar-refractivity contribution < 1.29 is 4.39 Å². The van der Waals surface area contributed by atoms with Gasteiger partial charge in [0.05, 0.1) is 0 Å². The highest BCUT2D eigenvalue weighted by molar-refractivity contribution is 5.42. The van der Waals surface area contributed by atoms with Gasteiger partial charge in [0, 0.05) is 31.9 Å². The van der Waals surface area contributed by atoms with Crippen LogP contribution in [-0.4, -0.2) is 25.1 Å². The van der Waals surface area contributed by atoms with Crippen molar-refractivity contribution in [3.63, 3.8) is 0 Å². The Kier molecular flexibility index (Phi) is 5.63. The maximum atomic E-state index is 14.1. The lowest BCUT2D eigenvalue weighted by Crippen LogP contribution is -2.21. The summed E-state index contributed by atoms with van der Waals surface area (Å²) >= 11 is 0. The van der Waals surface area contributed by atoms with E-state index in [9.17, 15) is 4.39 Å². The predicted octanol–water partition coefficient (Wildman–Crippen LogP) is 2.34. The standard InChI is InChI=1S/C13H20FN3/c1-4-7-15-10-11-6-8-16-13(12(11)14)17(3)9-5-2/h5-6,8,15H,2,4,7,9-10H2,1,3H3. The summed E-state index contributed by atoms with van der Waals surface area (Å²) < 4.78 is 14.1. The Balaban J connectivity index is 2.79. The van der Waals surface area contributed by atoms with E-state index in [0.717, 1.165) is 13.0 Å². The Morgan fingerprint density at radius 1 is 1.59 bits per heavy atom. The van der Waals surface area contributed by atoms with Crippen molar-refractivity contribution >= 4 is 5.82 Å². The predicted molar refractivity (Wildman–Crippen MR) is 69.7 cm³/mol. The summed E-state index contributed by atoms with van der Waals surface area (Å²) in [5, 5.41) is 3.18. The van der Waals surface area contributed by atoms with Crippen LogP contribution in [0, 0.1) is 5.82 Å². The molecule has 17 heavy (non-hydrogen) atoms. The molecule has 1 heterocycles. The summed E-state index contributed by atoms with van der Waals surface area (Å²) in [6.07, 6.45) is 4.40. The fourth-order valence-corrected chi connectivity index (χ4v) is 1.55. The Morgan fingerprint density at radius 3 is 3.00 bits per heavy atom. The molecule has 0 unspecified atom stereocenters. The Hall–Kier alpha value is -1.42. The molecule has 94 valence electrons. The van der Waals surface area contributed by atoms with Crippen LogP contribution in [0.5, 0.6) is 0 Å². The fourth-order valence-electron chi connectivity index (χ4n) is 1.55. The first kappa shape index (κ1) is 13.6. The van der Waals surface area contributed by atoms with Crippen LogP contribution in [0.3, 0.4) is 0 Å². The molecule has 0 saturated heterocycles. The minimum absolute atomic E-state index is 0.250. The van der Waals surface area contributed by atoms with Crippen LogP contribution in [0.4, 0.5) is 10.2 Å². The topological polar surface area (TPSA) is 28.2 Å². The molecule has 3 nitrogen and oxygen atoms in total. The van der Waals surface area contributed by atoms with Crippen LogP contribution < -0.4 is 10.2 Å². The van der Waals surface area contributed by atoms with Crippen molar-refractivity contribution in [3.8, 4) is 0 Å². The van der Waals surface area contributed by atoms with Gasteiger partial charge in [0.15, 0.2) is 11.6 Å². The van der Waals surface area contributed by atoms with Crippen LogP contribution in [0.15, 0.2) is 24.9 Å². The van der Waals surface area contributed by atoms with Crippen LogP contribution in [0.25, 0.3) is 0 Å². The number of pyridine rings is 1. The highest BCUT2D eigenvalue weighted by Crippen LogP contribution is 2.18. The molecular formula is C13H20FN3. The SMILES string of the molecule is C=CCN(C)c1nccc(CNCCC)c1F. The van der Waals surface area contributed by atoms with Crippen molar-refractivity contribution in [1.29, 1.82) is 0 Å². The number of aromatic nitrogens is 1. The quantitative estimate of drug-likeness (QED) is 0.583. The zero-order valence-electron chi connectivity index (χ0n) is 10.5. The van der Waals surface area contributed by atoms with E-state index < -0.39 is 0 Å². The minimum Gasteiger partial charge on any atom is -0.354 e. The van der Waals surface area contributed by atoms with Gasteiger partial charge < -0.3 is 10.2 Å². The number of rotatable bonds is 7. The van der Waals surface area contributed by atoms with Gasteiger partial charge in [-0.3, -0.25) is 0 Å². The molecule has 0 aliphatic carbocycles. The van der Waals surface area contributed by atoms with Gasteiger partial charge in [-0.05, 0) is 19.0 Å². The average Bonchev–Trinajstić information content (AvgIpc) is 2.32. The third kappa shape index (κ3) is 3.82. The van der Waals surface area contributed by atoms with Crippen molar-refractivity contribution in [2.24, 2.45) is 0 Å². The smallest absolute Gasteiger partial charge is 0.170 e. The number of hydrogen-bond acceptors (Lipinski definition) is 3. The Labute approximate surface area is 102 Å². The summed E-state index contributed by atoms with van der Waals surface area (Å²) in [6.45, 7) is 7.72. The molecule has 0 aromatic carbocycles. The van der Waals surface area contributed by atoms with Crippen molar-refractivity contribution in [3.05, 3.63) is 36.3 Å². The lowest BCUT2D eigenvalue weighted by atomic mass is 10.2. The second-order valence-electron chi connectivity index (χ2n) is 3.95. The lowest BCUT2D eigenvalue weighted by Gasteiger charge is -2.17. The van der Waals surface area contributed by atoms with Gasteiger partial charge >= 0.3 is 0 Å². The van der Waals surface area contributed by atoms with Crippen LogP contribution in [0.1, 0.15) is 18.9 Å². The van der Waals surface area contributed by atoms with Crippen molar-refractivity contribution in [1.82, 2.24) is 10.3 Å². The molecule has 0 fully saturated rings. The van der Waals surface area contributed by atoms with E-state index in [1.165, 1.54) is 0 Å². The molecule has 0 atom stereocenters. The van der Waals surface area contributed by atoms with E-state index in [-0.39, 0.29) is 5.82 Å². The maximum absolute atomic E-state index is 14.1. The number of anilines is 1. The van der Waals surface area contributed by atoms with Crippen LogP contribution in [-0.2, 0) is 6.54 Å². The first-order valence-electron chi connectivity index (χ1n) is 5.86. The number of hydrogen-bond donors (Lipinski definition) is 1. The summed E-state index contributed by atoms with van der Waals surface area (Å²) in [5.41, 5.74) is 0.652. The number of nitrogens with zero attached hydrogens (tertiary/aromatic N) is 2. The van der Waals surface area contributed by atoms with Crippen LogP contribution in [0.2, 0.25) is 0 Å². The zero-order chi connectivity index (χ0) is 12.7. The molecule has 1 aromatic heterocycles. The number of nitrogens with one attached hydrogen (secondary N) is 1. The maximum Gasteiger partial charge on any atom is 0.170 e. The first-order valence-corrected chi connectivity index (χ1v) is 5.86. The third-order valence-corrected chi connectivity index (χ3v) is 2.46. The summed E-state index contributed by atoms with van der Waals surface area (Å²) in [5.74, 6) is 0.126.